The SMILES string of the molecule is COc1ccc(N(c2ccccc2)c2c3ccccc3cc3ccccc23)cc1. The first kappa shape index (κ1) is 17.3. The molecule has 5 rings (SSSR count). The zero-order valence-corrected chi connectivity index (χ0v) is 16.2. The third-order valence-corrected chi connectivity index (χ3v) is 5.31. The number of anilines is 3. The van der Waals surface area contributed by atoms with Crippen molar-refractivity contribution in [1.29, 1.82) is 0 Å². The molecule has 5 aromatic rings. The van der Waals surface area contributed by atoms with Gasteiger partial charge < -0.3 is 9.64 Å². The van der Waals surface area contributed by atoms with Crippen LogP contribution >= 0.6 is 0 Å². The molecule has 5 aromatic carbocycles. The second kappa shape index (κ2) is 7.33. The number of para-hydroxylation sites is 1. The van der Waals surface area contributed by atoms with Crippen molar-refractivity contribution in [2.45, 2.75) is 0 Å². The Morgan fingerprint density at radius 3 is 1.66 bits per heavy atom. The van der Waals surface area contributed by atoms with Crippen molar-refractivity contribution in [3.05, 3.63) is 109 Å². The summed E-state index contributed by atoms with van der Waals surface area (Å²) in [5, 5.41) is 4.92. The number of hydrogen-bond acceptors (Lipinski definition) is 2. The van der Waals surface area contributed by atoms with Gasteiger partial charge in [0.15, 0.2) is 0 Å². The Morgan fingerprint density at radius 2 is 1.07 bits per heavy atom. The summed E-state index contributed by atoms with van der Waals surface area (Å²) in [7, 11) is 1.70. The van der Waals surface area contributed by atoms with E-state index >= 15 is 0 Å². The summed E-state index contributed by atoms with van der Waals surface area (Å²) in [6, 6.07) is 38.2. The molecular formula is C27H21NO. The van der Waals surface area contributed by atoms with E-state index in [1.54, 1.807) is 7.11 Å². The lowest BCUT2D eigenvalue weighted by molar-refractivity contribution is 0.415. The molecular weight excluding hydrogens is 354 g/mol. The monoisotopic (exact) mass is 375 g/mol. The van der Waals surface area contributed by atoms with Crippen LogP contribution in [0.5, 0.6) is 5.75 Å². The second-order valence-corrected chi connectivity index (χ2v) is 7.04. The molecule has 0 aliphatic carbocycles. The molecule has 0 amide bonds. The zero-order chi connectivity index (χ0) is 19.6. The van der Waals surface area contributed by atoms with Crippen LogP contribution in [0.2, 0.25) is 0 Å². The molecule has 0 bridgehead atoms. The number of rotatable bonds is 4. The van der Waals surface area contributed by atoms with Gasteiger partial charge in [-0.3, -0.25) is 0 Å². The summed E-state index contributed by atoms with van der Waals surface area (Å²) < 4.78 is 5.38. The highest BCUT2D eigenvalue weighted by molar-refractivity contribution is 6.14. The Kier molecular flexibility index (Phi) is 4.38. The second-order valence-electron chi connectivity index (χ2n) is 7.04. The minimum atomic E-state index is 0.851. The summed E-state index contributed by atoms with van der Waals surface area (Å²) >= 11 is 0. The van der Waals surface area contributed by atoms with Crippen LogP contribution in [0.3, 0.4) is 0 Å². The maximum Gasteiger partial charge on any atom is 0.119 e. The van der Waals surface area contributed by atoms with E-state index in [2.05, 4.69) is 102 Å². The molecule has 0 atom stereocenters. The lowest BCUT2D eigenvalue weighted by Crippen LogP contribution is -2.11. The van der Waals surface area contributed by atoms with E-state index in [0.717, 1.165) is 17.1 Å². The van der Waals surface area contributed by atoms with E-state index < -0.39 is 0 Å². The van der Waals surface area contributed by atoms with Gasteiger partial charge in [0.25, 0.3) is 0 Å². The third kappa shape index (κ3) is 3.09. The van der Waals surface area contributed by atoms with Gasteiger partial charge in [-0.25, -0.2) is 0 Å². The number of ether oxygens (including phenoxy) is 1. The average Bonchev–Trinajstić information content (AvgIpc) is 2.80. The molecule has 0 fully saturated rings. The van der Waals surface area contributed by atoms with E-state index in [4.69, 9.17) is 4.74 Å². The maximum absolute atomic E-state index is 5.38. The highest BCUT2D eigenvalue weighted by Crippen LogP contribution is 2.43. The quantitative estimate of drug-likeness (QED) is 0.302. The first-order valence-electron chi connectivity index (χ1n) is 9.75. The molecule has 0 aromatic heterocycles. The van der Waals surface area contributed by atoms with Crippen molar-refractivity contribution in [3.8, 4) is 5.75 Å². The Bertz CT molecular complexity index is 1220. The Labute approximate surface area is 170 Å². The first-order chi connectivity index (χ1) is 14.3. The number of fused-ring (bicyclic) bond motifs is 2. The van der Waals surface area contributed by atoms with Gasteiger partial charge in [0.2, 0.25) is 0 Å². The Morgan fingerprint density at radius 1 is 0.552 bits per heavy atom. The molecule has 0 heterocycles. The smallest absolute Gasteiger partial charge is 0.119 e. The molecule has 0 radical (unpaired) electrons. The lowest BCUT2D eigenvalue weighted by Gasteiger charge is -2.28. The van der Waals surface area contributed by atoms with Crippen LogP contribution in [-0.2, 0) is 0 Å². The van der Waals surface area contributed by atoms with E-state index in [1.165, 1.54) is 27.2 Å². The predicted molar refractivity (Wildman–Crippen MR) is 123 cm³/mol. The van der Waals surface area contributed by atoms with Gasteiger partial charge in [-0.2, -0.15) is 0 Å². The number of methoxy groups -OCH3 is 1. The molecule has 0 unspecified atom stereocenters. The van der Waals surface area contributed by atoms with Crippen molar-refractivity contribution in [3.63, 3.8) is 0 Å². The normalized spacial score (nSPS) is 10.9. The van der Waals surface area contributed by atoms with Crippen molar-refractivity contribution in [2.75, 3.05) is 12.0 Å². The van der Waals surface area contributed by atoms with Crippen LogP contribution in [-0.4, -0.2) is 7.11 Å². The first-order valence-corrected chi connectivity index (χ1v) is 9.75. The van der Waals surface area contributed by atoms with Gasteiger partial charge in [0.1, 0.15) is 5.75 Å². The van der Waals surface area contributed by atoms with Gasteiger partial charge >= 0.3 is 0 Å². The van der Waals surface area contributed by atoms with Gasteiger partial charge in [-0.05, 0) is 53.2 Å². The predicted octanol–water partition coefficient (Wildman–Crippen LogP) is 7.47. The largest absolute Gasteiger partial charge is 0.497 e. The number of benzene rings is 5. The van der Waals surface area contributed by atoms with Gasteiger partial charge in [-0.15, -0.1) is 0 Å². The van der Waals surface area contributed by atoms with E-state index in [1.807, 2.05) is 12.1 Å². The standard InChI is InChI=1S/C27H21NO/c1-29-24-17-15-23(16-18-24)28(22-11-3-2-4-12-22)27-25-13-7-5-9-20(25)19-21-10-6-8-14-26(21)27/h2-19H,1H3. The summed E-state index contributed by atoms with van der Waals surface area (Å²) in [4.78, 5) is 2.34. The molecule has 2 heteroatoms. The summed E-state index contributed by atoms with van der Waals surface area (Å²) in [6.45, 7) is 0. The average molecular weight is 375 g/mol. The van der Waals surface area contributed by atoms with Gasteiger partial charge in [0.05, 0.1) is 12.8 Å². The fourth-order valence-corrected chi connectivity index (χ4v) is 3.95. The van der Waals surface area contributed by atoms with Crippen LogP contribution in [0.25, 0.3) is 21.5 Å². The van der Waals surface area contributed by atoms with Gasteiger partial charge in [0, 0.05) is 22.1 Å². The number of nitrogens with zero attached hydrogens (tertiary/aromatic N) is 1. The van der Waals surface area contributed by atoms with E-state index in [-0.39, 0.29) is 0 Å². The van der Waals surface area contributed by atoms with Crippen molar-refractivity contribution >= 4 is 38.6 Å². The zero-order valence-electron chi connectivity index (χ0n) is 16.2. The molecule has 2 nitrogen and oxygen atoms in total. The van der Waals surface area contributed by atoms with Crippen molar-refractivity contribution < 1.29 is 4.74 Å². The summed E-state index contributed by atoms with van der Waals surface area (Å²) in [5.74, 6) is 0.851. The molecule has 0 saturated heterocycles. The van der Waals surface area contributed by atoms with Gasteiger partial charge in [-0.1, -0.05) is 66.7 Å². The molecule has 0 aliphatic heterocycles. The topological polar surface area (TPSA) is 12.5 Å². The lowest BCUT2D eigenvalue weighted by atomic mass is 9.99. The molecule has 29 heavy (non-hydrogen) atoms. The van der Waals surface area contributed by atoms with E-state index in [0.29, 0.717) is 0 Å². The minimum absolute atomic E-state index is 0.851. The number of hydrogen-bond donors (Lipinski definition) is 0. The van der Waals surface area contributed by atoms with Crippen molar-refractivity contribution in [1.82, 2.24) is 0 Å². The Balaban J connectivity index is 1.87. The molecule has 0 saturated carbocycles. The molecule has 140 valence electrons. The van der Waals surface area contributed by atoms with Crippen LogP contribution in [0.15, 0.2) is 109 Å². The fraction of sp³-hybridized carbons (Fsp3) is 0.0370. The third-order valence-electron chi connectivity index (χ3n) is 5.31. The molecule has 0 N–H and O–H groups in total. The highest BCUT2D eigenvalue weighted by Gasteiger charge is 2.18. The minimum Gasteiger partial charge on any atom is -0.497 e. The van der Waals surface area contributed by atoms with Crippen LogP contribution in [0.1, 0.15) is 0 Å². The van der Waals surface area contributed by atoms with Crippen LogP contribution in [0.4, 0.5) is 17.1 Å². The van der Waals surface area contributed by atoms with Crippen LogP contribution < -0.4 is 9.64 Å². The summed E-state index contributed by atoms with van der Waals surface area (Å²) in [5.41, 5.74) is 3.41. The highest BCUT2D eigenvalue weighted by atomic mass is 16.5. The maximum atomic E-state index is 5.38. The Hall–Kier alpha value is -3.78. The summed E-state index contributed by atoms with van der Waals surface area (Å²) in [6.07, 6.45) is 0. The van der Waals surface area contributed by atoms with E-state index in [9.17, 15) is 0 Å². The molecule has 0 aliphatic rings. The van der Waals surface area contributed by atoms with Crippen molar-refractivity contribution in [2.24, 2.45) is 0 Å². The van der Waals surface area contributed by atoms with Crippen LogP contribution in [0, 0.1) is 0 Å². The molecule has 0 spiro atoms. The fourth-order valence-electron chi connectivity index (χ4n) is 3.95.